The Morgan fingerprint density at radius 1 is 1.21 bits per heavy atom. The van der Waals surface area contributed by atoms with E-state index in [1.807, 2.05) is 42.5 Å². The van der Waals surface area contributed by atoms with E-state index in [-0.39, 0.29) is 11.5 Å². The van der Waals surface area contributed by atoms with Gasteiger partial charge in [-0.2, -0.15) is 5.10 Å². The third kappa shape index (κ3) is 5.68. The monoisotopic (exact) mass is 456 g/mol. The summed E-state index contributed by atoms with van der Waals surface area (Å²) in [6.45, 7) is 2.72. The molecule has 0 spiro atoms. The Kier molecular flexibility index (Phi) is 7.02. The second kappa shape index (κ2) is 9.88. The molecule has 3 aromatic rings. The van der Waals surface area contributed by atoms with Gasteiger partial charge in [0.05, 0.1) is 30.1 Å². The van der Waals surface area contributed by atoms with Crippen LogP contribution in [0.4, 0.5) is 5.95 Å². The summed E-state index contributed by atoms with van der Waals surface area (Å²) in [7, 11) is 1.60. The van der Waals surface area contributed by atoms with Crippen LogP contribution >= 0.6 is 15.9 Å². The van der Waals surface area contributed by atoms with E-state index in [0.717, 1.165) is 33.5 Å². The predicted molar refractivity (Wildman–Crippen MR) is 118 cm³/mol. The van der Waals surface area contributed by atoms with Gasteiger partial charge in [0.25, 0.3) is 5.56 Å². The molecule has 1 aromatic heterocycles. The van der Waals surface area contributed by atoms with Gasteiger partial charge in [0.1, 0.15) is 11.5 Å². The molecule has 29 heavy (non-hydrogen) atoms. The van der Waals surface area contributed by atoms with E-state index < -0.39 is 0 Å². The van der Waals surface area contributed by atoms with Crippen molar-refractivity contribution in [1.29, 1.82) is 0 Å². The zero-order valence-electron chi connectivity index (χ0n) is 16.1. The molecule has 0 radical (unpaired) electrons. The van der Waals surface area contributed by atoms with E-state index in [2.05, 4.69) is 43.3 Å². The average Bonchev–Trinajstić information content (AvgIpc) is 2.73. The Balaban J connectivity index is 1.72. The van der Waals surface area contributed by atoms with Crippen molar-refractivity contribution in [3.05, 3.63) is 68.9 Å². The topological polar surface area (TPSA) is 88.6 Å². The van der Waals surface area contributed by atoms with E-state index in [1.165, 1.54) is 6.07 Å². The highest BCUT2D eigenvalue weighted by atomic mass is 79.9. The van der Waals surface area contributed by atoms with E-state index in [9.17, 15) is 4.79 Å². The molecule has 8 heteroatoms. The zero-order valence-corrected chi connectivity index (χ0v) is 17.7. The van der Waals surface area contributed by atoms with Crippen LogP contribution in [-0.4, -0.2) is 29.9 Å². The second-order valence-corrected chi connectivity index (χ2v) is 6.97. The first-order chi connectivity index (χ1) is 14.1. The van der Waals surface area contributed by atoms with Gasteiger partial charge in [0, 0.05) is 11.6 Å². The molecule has 0 bridgehead atoms. The quantitative estimate of drug-likeness (QED) is 0.386. The Labute approximate surface area is 176 Å². The van der Waals surface area contributed by atoms with E-state index in [4.69, 9.17) is 9.47 Å². The number of hydrazone groups is 1. The Hall–Kier alpha value is -3.13. The summed E-state index contributed by atoms with van der Waals surface area (Å²) in [4.78, 5) is 19.0. The number of nitrogens with one attached hydrogen (secondary N) is 2. The number of H-pyrrole nitrogens is 1. The standard InChI is InChI=1S/C21H21BrN4O3/c1-3-10-29-19-9-4-14(11-17(19)22)13-23-26-21-24-18(12-20(27)25-21)15-5-7-16(28-2)8-6-15/h4-9,11-13H,3,10H2,1-2H3,(H2,24,25,26,27)/b23-13-. The molecule has 0 fully saturated rings. The molecule has 0 aliphatic heterocycles. The molecule has 3 rings (SSSR count). The summed E-state index contributed by atoms with van der Waals surface area (Å²) >= 11 is 3.49. The van der Waals surface area contributed by atoms with Gasteiger partial charge in [0.2, 0.25) is 5.95 Å². The van der Waals surface area contributed by atoms with Crippen molar-refractivity contribution in [1.82, 2.24) is 9.97 Å². The van der Waals surface area contributed by atoms with Crippen molar-refractivity contribution >= 4 is 28.1 Å². The summed E-state index contributed by atoms with van der Waals surface area (Å²) in [6, 6.07) is 14.4. The number of nitrogens with zero attached hydrogens (tertiary/aromatic N) is 2. The maximum atomic E-state index is 12.0. The minimum Gasteiger partial charge on any atom is -0.497 e. The molecule has 0 saturated carbocycles. The molecule has 7 nitrogen and oxygen atoms in total. The lowest BCUT2D eigenvalue weighted by Gasteiger charge is -2.07. The largest absolute Gasteiger partial charge is 0.497 e. The molecule has 0 atom stereocenters. The second-order valence-electron chi connectivity index (χ2n) is 6.12. The zero-order chi connectivity index (χ0) is 20.6. The molecule has 0 aliphatic carbocycles. The summed E-state index contributed by atoms with van der Waals surface area (Å²) in [5, 5.41) is 4.16. The number of aromatic amines is 1. The number of rotatable bonds is 8. The number of benzene rings is 2. The van der Waals surface area contributed by atoms with Gasteiger partial charge in [-0.15, -0.1) is 0 Å². The molecule has 0 unspecified atom stereocenters. The van der Waals surface area contributed by atoms with Crippen molar-refractivity contribution in [2.24, 2.45) is 5.10 Å². The third-order valence-electron chi connectivity index (χ3n) is 3.93. The van der Waals surface area contributed by atoms with E-state index >= 15 is 0 Å². The van der Waals surface area contributed by atoms with Crippen LogP contribution in [0.25, 0.3) is 11.3 Å². The first kappa shape index (κ1) is 20.6. The minimum atomic E-state index is -0.274. The maximum absolute atomic E-state index is 12.0. The van der Waals surface area contributed by atoms with Crippen molar-refractivity contribution < 1.29 is 9.47 Å². The molecular formula is C21H21BrN4O3. The first-order valence-corrected chi connectivity index (χ1v) is 9.85. The maximum Gasteiger partial charge on any atom is 0.252 e. The normalized spacial score (nSPS) is 10.9. The Bertz CT molecular complexity index is 1050. The number of aromatic nitrogens is 2. The first-order valence-electron chi connectivity index (χ1n) is 9.06. The predicted octanol–water partition coefficient (Wildman–Crippen LogP) is 4.44. The molecular weight excluding hydrogens is 436 g/mol. The fraction of sp³-hybridized carbons (Fsp3) is 0.190. The molecule has 0 saturated heterocycles. The number of anilines is 1. The molecule has 1 heterocycles. The SMILES string of the molecule is CCCOc1ccc(/C=N\Nc2nc(-c3ccc(OC)cc3)cc(=O)[nH]2)cc1Br. The molecule has 2 aromatic carbocycles. The summed E-state index contributed by atoms with van der Waals surface area (Å²) in [5.41, 5.74) is 4.69. The van der Waals surface area contributed by atoms with Crippen LogP contribution in [-0.2, 0) is 0 Å². The number of methoxy groups -OCH3 is 1. The molecule has 150 valence electrons. The van der Waals surface area contributed by atoms with Crippen LogP contribution in [0.1, 0.15) is 18.9 Å². The number of hydrogen-bond donors (Lipinski definition) is 2. The van der Waals surface area contributed by atoms with Gasteiger partial charge >= 0.3 is 0 Å². The summed E-state index contributed by atoms with van der Waals surface area (Å²) in [6.07, 6.45) is 2.58. The van der Waals surface area contributed by atoms with E-state index in [0.29, 0.717) is 12.3 Å². The third-order valence-corrected chi connectivity index (χ3v) is 4.55. The van der Waals surface area contributed by atoms with Crippen LogP contribution in [0, 0.1) is 0 Å². The Morgan fingerprint density at radius 2 is 2.00 bits per heavy atom. The molecule has 0 aliphatic rings. The van der Waals surface area contributed by atoms with Gasteiger partial charge in [-0.1, -0.05) is 6.92 Å². The number of ether oxygens (including phenoxy) is 2. The van der Waals surface area contributed by atoms with Gasteiger partial charge in [-0.25, -0.2) is 10.4 Å². The number of halogens is 1. The van der Waals surface area contributed by atoms with Crippen molar-refractivity contribution in [3.8, 4) is 22.8 Å². The fourth-order valence-electron chi connectivity index (χ4n) is 2.51. The van der Waals surface area contributed by atoms with E-state index in [1.54, 1.807) is 13.3 Å². The van der Waals surface area contributed by atoms with Gasteiger partial charge < -0.3 is 9.47 Å². The average molecular weight is 457 g/mol. The van der Waals surface area contributed by atoms with Crippen molar-refractivity contribution in [2.75, 3.05) is 19.1 Å². The highest BCUT2D eigenvalue weighted by molar-refractivity contribution is 9.10. The highest BCUT2D eigenvalue weighted by Crippen LogP contribution is 2.25. The van der Waals surface area contributed by atoms with Crippen LogP contribution < -0.4 is 20.5 Å². The lowest BCUT2D eigenvalue weighted by atomic mass is 10.1. The van der Waals surface area contributed by atoms with Crippen molar-refractivity contribution in [2.45, 2.75) is 13.3 Å². The summed E-state index contributed by atoms with van der Waals surface area (Å²) in [5.74, 6) is 1.77. The van der Waals surface area contributed by atoms with Crippen LogP contribution in [0.3, 0.4) is 0 Å². The Morgan fingerprint density at radius 3 is 2.69 bits per heavy atom. The lowest BCUT2D eigenvalue weighted by Crippen LogP contribution is -2.10. The van der Waals surface area contributed by atoms with Crippen molar-refractivity contribution in [3.63, 3.8) is 0 Å². The minimum absolute atomic E-state index is 0.251. The van der Waals surface area contributed by atoms with Crippen LogP contribution in [0.5, 0.6) is 11.5 Å². The van der Waals surface area contributed by atoms with Crippen LogP contribution in [0.2, 0.25) is 0 Å². The summed E-state index contributed by atoms with van der Waals surface area (Å²) < 4.78 is 11.6. The number of hydrogen-bond acceptors (Lipinski definition) is 6. The van der Waals surface area contributed by atoms with Gasteiger partial charge in [0.15, 0.2) is 0 Å². The van der Waals surface area contributed by atoms with Gasteiger partial charge in [-0.05, 0) is 70.4 Å². The fourth-order valence-corrected chi connectivity index (χ4v) is 3.03. The smallest absolute Gasteiger partial charge is 0.252 e. The highest BCUT2D eigenvalue weighted by Gasteiger charge is 2.05. The van der Waals surface area contributed by atoms with Crippen LogP contribution in [0.15, 0.2) is 62.9 Å². The molecule has 0 amide bonds. The molecule has 2 N–H and O–H groups in total. The lowest BCUT2D eigenvalue weighted by molar-refractivity contribution is 0.315. The van der Waals surface area contributed by atoms with Gasteiger partial charge in [-0.3, -0.25) is 9.78 Å².